The number of fused-ring (bicyclic) bond motifs is 1. The number of hydrogen-bond donors (Lipinski definition) is 0. The number of benzene rings is 1. The number of carbonyl (C=O) groups is 2. The first-order valence-corrected chi connectivity index (χ1v) is 7.56. The third kappa shape index (κ3) is 2.20. The smallest absolute Gasteiger partial charge is 0.261 e. The third-order valence-corrected chi connectivity index (χ3v) is 4.05. The summed E-state index contributed by atoms with van der Waals surface area (Å²) in [5.41, 5.74) is 2.64. The maximum atomic E-state index is 12.4. The Labute approximate surface area is 138 Å². The fraction of sp³-hybridized carbons (Fsp3) is 0.111. The molecule has 0 aliphatic carbocycles. The van der Waals surface area contributed by atoms with E-state index < -0.39 is 0 Å². The van der Waals surface area contributed by atoms with Crippen LogP contribution in [0, 0.1) is 6.92 Å². The van der Waals surface area contributed by atoms with Crippen LogP contribution in [0.1, 0.15) is 31.8 Å². The largest absolute Gasteiger partial charge is 0.270 e. The van der Waals surface area contributed by atoms with Crippen LogP contribution in [0.3, 0.4) is 0 Å². The van der Waals surface area contributed by atoms with Crippen molar-refractivity contribution in [3.05, 3.63) is 77.2 Å². The standard InChI is InChI=1S/C18H14N4O2/c1-12-9-13(10-19-16(12)22-8-4-7-20-22)11-21-17(23)14-5-2-3-6-15(14)18(21)24/h2-10H,11H2,1H3. The Morgan fingerprint density at radius 1 is 1.04 bits per heavy atom. The molecule has 0 atom stereocenters. The molecule has 3 aromatic rings. The summed E-state index contributed by atoms with van der Waals surface area (Å²) in [6.07, 6.45) is 5.18. The molecule has 3 heterocycles. The Morgan fingerprint density at radius 3 is 2.33 bits per heavy atom. The molecule has 118 valence electrons. The molecule has 0 bridgehead atoms. The molecule has 1 aromatic carbocycles. The number of imide groups is 1. The number of carbonyl (C=O) groups excluding carboxylic acids is 2. The molecule has 2 aromatic heterocycles. The van der Waals surface area contributed by atoms with Gasteiger partial charge < -0.3 is 0 Å². The monoisotopic (exact) mass is 318 g/mol. The van der Waals surface area contributed by atoms with E-state index >= 15 is 0 Å². The number of rotatable bonds is 3. The van der Waals surface area contributed by atoms with E-state index in [1.807, 2.05) is 25.3 Å². The zero-order valence-electron chi connectivity index (χ0n) is 13.0. The lowest BCUT2D eigenvalue weighted by atomic mass is 10.1. The van der Waals surface area contributed by atoms with E-state index in [4.69, 9.17) is 0 Å². The first-order valence-electron chi connectivity index (χ1n) is 7.56. The number of amides is 2. The van der Waals surface area contributed by atoms with Gasteiger partial charge in [-0.15, -0.1) is 0 Å². The van der Waals surface area contributed by atoms with Gasteiger partial charge in [-0.25, -0.2) is 9.67 Å². The normalized spacial score (nSPS) is 13.5. The summed E-state index contributed by atoms with van der Waals surface area (Å²) in [6.45, 7) is 2.13. The van der Waals surface area contributed by atoms with Gasteiger partial charge in [0.15, 0.2) is 5.82 Å². The topological polar surface area (TPSA) is 68.1 Å². The zero-order valence-corrected chi connectivity index (χ0v) is 13.0. The van der Waals surface area contributed by atoms with Crippen molar-refractivity contribution in [3.63, 3.8) is 0 Å². The SMILES string of the molecule is Cc1cc(CN2C(=O)c3ccccc3C2=O)cnc1-n1cccn1. The minimum absolute atomic E-state index is 0.208. The van der Waals surface area contributed by atoms with Crippen LogP contribution in [0.25, 0.3) is 5.82 Å². The van der Waals surface area contributed by atoms with E-state index in [2.05, 4.69) is 10.1 Å². The predicted octanol–water partition coefficient (Wildman–Crippen LogP) is 2.37. The molecule has 0 unspecified atom stereocenters. The third-order valence-electron chi connectivity index (χ3n) is 4.05. The van der Waals surface area contributed by atoms with Gasteiger partial charge in [-0.05, 0) is 42.3 Å². The van der Waals surface area contributed by atoms with E-state index in [1.165, 1.54) is 4.90 Å². The number of aromatic nitrogens is 3. The molecule has 0 fully saturated rings. The second-order valence-electron chi connectivity index (χ2n) is 5.68. The molecule has 6 nitrogen and oxygen atoms in total. The Bertz CT molecular complexity index is 912. The van der Waals surface area contributed by atoms with Gasteiger partial charge in [0.05, 0.1) is 17.7 Å². The molecule has 6 heteroatoms. The van der Waals surface area contributed by atoms with Crippen LogP contribution >= 0.6 is 0 Å². The number of hydrogen-bond acceptors (Lipinski definition) is 4. The first kappa shape index (κ1) is 14.3. The molecule has 0 spiro atoms. The summed E-state index contributed by atoms with van der Waals surface area (Å²) in [4.78, 5) is 30.5. The zero-order chi connectivity index (χ0) is 16.7. The van der Waals surface area contributed by atoms with Crippen LogP contribution in [-0.2, 0) is 6.54 Å². The molecule has 0 saturated carbocycles. The quantitative estimate of drug-likeness (QED) is 0.695. The minimum Gasteiger partial charge on any atom is -0.270 e. The van der Waals surface area contributed by atoms with E-state index in [-0.39, 0.29) is 18.4 Å². The van der Waals surface area contributed by atoms with Gasteiger partial charge in [0.2, 0.25) is 0 Å². The minimum atomic E-state index is -0.260. The second kappa shape index (κ2) is 5.42. The van der Waals surface area contributed by atoms with Crippen LogP contribution < -0.4 is 0 Å². The van der Waals surface area contributed by atoms with Gasteiger partial charge in [-0.1, -0.05) is 12.1 Å². The summed E-state index contributed by atoms with van der Waals surface area (Å²) < 4.78 is 1.68. The van der Waals surface area contributed by atoms with Gasteiger partial charge in [-0.3, -0.25) is 14.5 Å². The first-order chi connectivity index (χ1) is 11.6. The van der Waals surface area contributed by atoms with Crippen LogP contribution in [0.5, 0.6) is 0 Å². The summed E-state index contributed by atoms with van der Waals surface area (Å²) in [6, 6.07) is 10.6. The maximum Gasteiger partial charge on any atom is 0.261 e. The lowest BCUT2D eigenvalue weighted by Gasteiger charge is -2.15. The van der Waals surface area contributed by atoms with E-state index in [1.54, 1.807) is 41.3 Å². The van der Waals surface area contributed by atoms with Crippen molar-refractivity contribution in [2.45, 2.75) is 13.5 Å². The molecule has 1 aliphatic heterocycles. The Kier molecular flexibility index (Phi) is 3.23. The van der Waals surface area contributed by atoms with Crippen LogP contribution in [0.15, 0.2) is 55.0 Å². The van der Waals surface area contributed by atoms with E-state index in [0.29, 0.717) is 11.1 Å². The number of aryl methyl sites for hydroxylation is 1. The van der Waals surface area contributed by atoms with Crippen LogP contribution in [-0.4, -0.2) is 31.5 Å². The highest BCUT2D eigenvalue weighted by molar-refractivity contribution is 6.21. The summed E-state index contributed by atoms with van der Waals surface area (Å²) >= 11 is 0. The fourth-order valence-corrected chi connectivity index (χ4v) is 2.91. The van der Waals surface area contributed by atoms with Crippen molar-refractivity contribution in [2.24, 2.45) is 0 Å². The molecule has 0 N–H and O–H groups in total. The molecule has 1 aliphatic rings. The Balaban J connectivity index is 1.62. The van der Waals surface area contributed by atoms with E-state index in [0.717, 1.165) is 16.9 Å². The van der Waals surface area contributed by atoms with Crippen molar-refractivity contribution in [2.75, 3.05) is 0 Å². The van der Waals surface area contributed by atoms with Gasteiger partial charge in [0.1, 0.15) is 0 Å². The predicted molar refractivity (Wildman–Crippen MR) is 86.7 cm³/mol. The highest BCUT2D eigenvalue weighted by atomic mass is 16.2. The van der Waals surface area contributed by atoms with Crippen molar-refractivity contribution in [3.8, 4) is 5.82 Å². The molecule has 0 saturated heterocycles. The lowest BCUT2D eigenvalue weighted by molar-refractivity contribution is 0.0642. The van der Waals surface area contributed by atoms with Crippen molar-refractivity contribution in [1.82, 2.24) is 19.7 Å². The molecular formula is C18H14N4O2. The Hall–Kier alpha value is -3.28. The van der Waals surface area contributed by atoms with Gasteiger partial charge in [-0.2, -0.15) is 5.10 Å². The summed E-state index contributed by atoms with van der Waals surface area (Å²) in [7, 11) is 0. The van der Waals surface area contributed by atoms with Crippen molar-refractivity contribution in [1.29, 1.82) is 0 Å². The number of pyridine rings is 1. The van der Waals surface area contributed by atoms with Crippen LogP contribution in [0.2, 0.25) is 0 Å². The molecule has 4 rings (SSSR count). The van der Waals surface area contributed by atoms with Crippen molar-refractivity contribution < 1.29 is 9.59 Å². The Morgan fingerprint density at radius 2 is 1.75 bits per heavy atom. The highest BCUT2D eigenvalue weighted by Crippen LogP contribution is 2.24. The number of nitrogens with zero attached hydrogens (tertiary/aromatic N) is 4. The average molecular weight is 318 g/mol. The van der Waals surface area contributed by atoms with E-state index in [9.17, 15) is 9.59 Å². The van der Waals surface area contributed by atoms with Gasteiger partial charge >= 0.3 is 0 Å². The molecule has 24 heavy (non-hydrogen) atoms. The average Bonchev–Trinajstić information content (AvgIpc) is 3.19. The molecule has 2 amide bonds. The molecule has 0 radical (unpaired) electrons. The van der Waals surface area contributed by atoms with Gasteiger partial charge in [0.25, 0.3) is 11.8 Å². The van der Waals surface area contributed by atoms with Crippen molar-refractivity contribution >= 4 is 11.8 Å². The summed E-state index contributed by atoms with van der Waals surface area (Å²) in [5, 5.41) is 4.17. The fourth-order valence-electron chi connectivity index (χ4n) is 2.91. The summed E-state index contributed by atoms with van der Waals surface area (Å²) in [5.74, 6) is 0.208. The second-order valence-corrected chi connectivity index (χ2v) is 5.68. The highest BCUT2D eigenvalue weighted by Gasteiger charge is 2.35. The molecular weight excluding hydrogens is 304 g/mol. The maximum absolute atomic E-state index is 12.4. The van der Waals surface area contributed by atoms with Crippen LogP contribution in [0.4, 0.5) is 0 Å². The van der Waals surface area contributed by atoms with Gasteiger partial charge in [0, 0.05) is 18.6 Å². The lowest BCUT2D eigenvalue weighted by Crippen LogP contribution is -2.29.